The summed E-state index contributed by atoms with van der Waals surface area (Å²) in [4.78, 5) is 24.3. The van der Waals surface area contributed by atoms with E-state index < -0.39 is 4.92 Å². The lowest BCUT2D eigenvalue weighted by Crippen LogP contribution is -2.03. The molecule has 0 saturated carbocycles. The number of hydrogen-bond donors (Lipinski definition) is 0. The number of nitro groups is 1. The van der Waals surface area contributed by atoms with Gasteiger partial charge < -0.3 is 4.74 Å². The van der Waals surface area contributed by atoms with Crippen molar-refractivity contribution in [3.63, 3.8) is 0 Å². The van der Waals surface area contributed by atoms with Crippen molar-refractivity contribution in [1.29, 1.82) is 0 Å². The van der Waals surface area contributed by atoms with Gasteiger partial charge in [0.15, 0.2) is 0 Å². The lowest BCUT2D eigenvalue weighted by Gasteiger charge is -2.01. The Bertz CT molecular complexity index is 401. The first kappa shape index (κ1) is 13.8. The smallest absolute Gasteiger partial charge is 0.287 e. The summed E-state index contributed by atoms with van der Waals surface area (Å²) in [6.07, 6.45) is 1.22. The Balaban J connectivity index is 2.27. The topological polar surface area (TPSA) is 82.3 Å². The van der Waals surface area contributed by atoms with Crippen LogP contribution in [0.3, 0.4) is 0 Å². The third kappa shape index (κ3) is 5.59. The molecular formula is C8H9BN2O4S2. The second kappa shape index (κ2) is 7.18. The van der Waals surface area contributed by atoms with Crippen LogP contribution in [0.1, 0.15) is 0 Å². The average Bonchev–Trinajstić information content (AvgIpc) is 2.29. The fourth-order valence-electron chi connectivity index (χ4n) is 0.851. The summed E-state index contributed by atoms with van der Waals surface area (Å²) < 4.78 is 4.75. The van der Waals surface area contributed by atoms with E-state index in [0.29, 0.717) is 17.4 Å². The molecule has 0 amide bonds. The number of ether oxygens (including phenoxy) is 1. The van der Waals surface area contributed by atoms with Gasteiger partial charge in [-0.05, 0) is 16.9 Å². The van der Waals surface area contributed by atoms with Crippen molar-refractivity contribution in [3.8, 4) is 0 Å². The molecule has 1 aromatic heterocycles. The summed E-state index contributed by atoms with van der Waals surface area (Å²) in [6.45, 7) is 0.347. The summed E-state index contributed by atoms with van der Waals surface area (Å²) in [6, 6.07) is 2.99. The first-order valence-corrected chi connectivity index (χ1v) is 6.95. The number of aromatic nitrogens is 1. The van der Waals surface area contributed by atoms with Crippen LogP contribution in [0.15, 0.2) is 23.4 Å². The largest absolute Gasteiger partial charge is 0.473 e. The zero-order valence-corrected chi connectivity index (χ0v) is 10.6. The highest BCUT2D eigenvalue weighted by Crippen LogP contribution is 2.29. The maximum atomic E-state index is 10.5. The minimum atomic E-state index is -0.491. The number of rotatable bonds is 6. The number of pyridine rings is 1. The zero-order chi connectivity index (χ0) is 12.7. The van der Waals surface area contributed by atoms with Gasteiger partial charge in [-0.25, -0.2) is 4.98 Å². The quantitative estimate of drug-likeness (QED) is 0.255. The Hall–Kier alpha value is -1.22. The second-order valence-corrected chi connectivity index (χ2v) is 5.29. The highest BCUT2D eigenvalue weighted by Gasteiger charge is 2.05. The normalized spacial score (nSPS) is 9.88. The van der Waals surface area contributed by atoms with E-state index in [-0.39, 0.29) is 11.6 Å². The van der Waals surface area contributed by atoms with Crippen molar-refractivity contribution in [2.75, 3.05) is 12.4 Å². The molecule has 0 saturated heterocycles. The minimum absolute atomic E-state index is 0.0285. The minimum Gasteiger partial charge on any atom is -0.473 e. The zero-order valence-electron chi connectivity index (χ0n) is 8.99. The fraction of sp³-hybridized carbons (Fsp3) is 0.250. The van der Waals surface area contributed by atoms with Crippen LogP contribution >= 0.6 is 21.6 Å². The van der Waals surface area contributed by atoms with E-state index in [1.165, 1.54) is 41.7 Å². The monoisotopic (exact) mass is 272 g/mol. The van der Waals surface area contributed by atoms with Crippen LogP contribution in [0.25, 0.3) is 0 Å². The van der Waals surface area contributed by atoms with Crippen LogP contribution < -0.4 is 0 Å². The van der Waals surface area contributed by atoms with Gasteiger partial charge in [0.1, 0.15) is 17.8 Å². The maximum absolute atomic E-state index is 10.5. The average molecular weight is 272 g/mol. The van der Waals surface area contributed by atoms with Crippen LogP contribution in [0.4, 0.5) is 10.5 Å². The second-order valence-electron chi connectivity index (χ2n) is 2.86. The molecule has 1 heterocycles. The van der Waals surface area contributed by atoms with Gasteiger partial charge in [0.05, 0.1) is 4.92 Å². The van der Waals surface area contributed by atoms with E-state index in [0.717, 1.165) is 0 Å². The first-order valence-electron chi connectivity index (χ1n) is 4.63. The Morgan fingerprint density at radius 2 is 2.35 bits per heavy atom. The van der Waals surface area contributed by atoms with Gasteiger partial charge in [0, 0.05) is 11.8 Å². The molecule has 0 aliphatic rings. The standard InChI is InChI=1S/C8H9BN2O4S2/c9-8(12)15-3-4-16-17-7-2-1-6(5-10-7)11(13)14/h1-2,5H,3-4,9H2. The van der Waals surface area contributed by atoms with Crippen LogP contribution in [-0.4, -0.2) is 36.0 Å². The predicted octanol–water partition coefficient (Wildman–Crippen LogP) is 1.50. The van der Waals surface area contributed by atoms with Crippen molar-refractivity contribution in [3.05, 3.63) is 28.4 Å². The molecule has 0 radical (unpaired) electrons. The van der Waals surface area contributed by atoms with Crippen LogP contribution in [0, 0.1) is 10.1 Å². The van der Waals surface area contributed by atoms with Gasteiger partial charge in [-0.1, -0.05) is 10.8 Å². The Morgan fingerprint density at radius 3 is 2.88 bits per heavy atom. The van der Waals surface area contributed by atoms with E-state index >= 15 is 0 Å². The van der Waals surface area contributed by atoms with E-state index in [9.17, 15) is 14.9 Å². The Labute approximate surface area is 106 Å². The van der Waals surface area contributed by atoms with Gasteiger partial charge >= 0.3 is 0 Å². The van der Waals surface area contributed by atoms with Crippen LogP contribution in [0.5, 0.6) is 0 Å². The molecule has 90 valence electrons. The van der Waals surface area contributed by atoms with Gasteiger partial charge in [0.2, 0.25) is 13.7 Å². The molecule has 0 atom stereocenters. The van der Waals surface area contributed by atoms with Crippen molar-refractivity contribution >= 4 is 41.0 Å². The molecule has 17 heavy (non-hydrogen) atoms. The third-order valence-corrected chi connectivity index (χ3v) is 3.78. The molecule has 0 aliphatic heterocycles. The molecule has 0 N–H and O–H groups in total. The fourth-order valence-corrected chi connectivity index (χ4v) is 2.54. The van der Waals surface area contributed by atoms with E-state index in [4.69, 9.17) is 4.74 Å². The van der Waals surface area contributed by atoms with Crippen LogP contribution in [0.2, 0.25) is 0 Å². The Morgan fingerprint density at radius 1 is 1.59 bits per heavy atom. The molecular weight excluding hydrogens is 263 g/mol. The molecule has 0 aromatic carbocycles. The number of nitrogens with zero attached hydrogens (tertiary/aromatic N) is 2. The molecule has 0 spiro atoms. The van der Waals surface area contributed by atoms with Gasteiger partial charge in [-0.2, -0.15) is 0 Å². The van der Waals surface area contributed by atoms with Crippen molar-refractivity contribution < 1.29 is 14.5 Å². The van der Waals surface area contributed by atoms with Crippen LogP contribution in [-0.2, 0) is 4.74 Å². The Kier molecular flexibility index (Phi) is 5.85. The molecule has 0 bridgehead atoms. The number of hydrogen-bond acceptors (Lipinski definition) is 7. The third-order valence-electron chi connectivity index (χ3n) is 1.55. The lowest BCUT2D eigenvalue weighted by atomic mass is 10.2. The van der Waals surface area contributed by atoms with Crippen molar-refractivity contribution in [2.45, 2.75) is 5.03 Å². The number of carbonyl (C=O) groups excluding carboxylic acids is 1. The lowest BCUT2D eigenvalue weighted by molar-refractivity contribution is -0.385. The van der Waals surface area contributed by atoms with Gasteiger partial charge in [-0.15, -0.1) is 0 Å². The molecule has 1 aromatic rings. The SMILES string of the molecule is BC(=O)OCCSSc1ccc([N+](=O)[O-])cn1. The summed E-state index contributed by atoms with van der Waals surface area (Å²) >= 11 is 0. The van der Waals surface area contributed by atoms with Crippen molar-refractivity contribution in [2.24, 2.45) is 0 Å². The highest BCUT2D eigenvalue weighted by molar-refractivity contribution is 8.76. The summed E-state index contributed by atoms with van der Waals surface area (Å²) in [7, 11) is 4.21. The van der Waals surface area contributed by atoms with E-state index in [1.807, 2.05) is 0 Å². The van der Waals surface area contributed by atoms with Gasteiger partial charge in [0.25, 0.3) is 5.69 Å². The summed E-state index contributed by atoms with van der Waals surface area (Å²) in [5.41, 5.74) is -0.0285. The molecule has 6 nitrogen and oxygen atoms in total. The molecule has 9 heteroatoms. The predicted molar refractivity (Wildman–Crippen MR) is 69.1 cm³/mol. The van der Waals surface area contributed by atoms with Gasteiger partial charge in [-0.3, -0.25) is 14.9 Å². The van der Waals surface area contributed by atoms with Crippen molar-refractivity contribution in [1.82, 2.24) is 4.98 Å². The number of carbonyl (C=O) groups is 1. The van der Waals surface area contributed by atoms with E-state index in [1.54, 1.807) is 6.07 Å². The summed E-state index contributed by atoms with van der Waals surface area (Å²) in [5.74, 6) is 0.340. The first-order chi connectivity index (χ1) is 8.09. The highest BCUT2D eigenvalue weighted by atomic mass is 33.1. The maximum Gasteiger partial charge on any atom is 0.287 e. The summed E-state index contributed by atoms with van der Waals surface area (Å²) in [5, 5.41) is 11.1. The van der Waals surface area contributed by atoms with E-state index in [2.05, 4.69) is 4.98 Å². The molecule has 0 fully saturated rings. The molecule has 0 unspecified atom stereocenters. The molecule has 0 aliphatic carbocycles. The molecule has 1 rings (SSSR count).